The first-order valence-electron chi connectivity index (χ1n) is 8.92. The van der Waals surface area contributed by atoms with Gasteiger partial charge >= 0.3 is 12.4 Å². The third-order valence-electron chi connectivity index (χ3n) is 4.23. The smallest absolute Gasteiger partial charge is 0.436 e. The molecule has 1 N–H and O–H groups in total. The average Bonchev–Trinajstić information content (AvgIpc) is 3.01. The number of alkyl halides is 6. The van der Waals surface area contributed by atoms with Gasteiger partial charge in [0, 0.05) is 19.2 Å². The maximum absolute atomic E-state index is 13.0. The number of nitro benzene ring substituents is 1. The number of nitro groups is 1. The molecule has 15 heteroatoms. The van der Waals surface area contributed by atoms with E-state index in [2.05, 4.69) is 26.3 Å². The Morgan fingerprint density at radius 3 is 2.32 bits per heavy atom. The number of carbonyl (C=O) groups is 1. The van der Waals surface area contributed by atoms with Crippen molar-refractivity contribution < 1.29 is 40.8 Å². The lowest BCUT2D eigenvalue weighted by Gasteiger charge is -2.12. The first-order valence-corrected chi connectivity index (χ1v) is 9.71. The fraction of sp³-hybridized carbons (Fsp3) is 0.158. The van der Waals surface area contributed by atoms with E-state index in [0.717, 1.165) is 37.4 Å². The van der Waals surface area contributed by atoms with Crippen LogP contribution >= 0.6 is 15.9 Å². The summed E-state index contributed by atoms with van der Waals surface area (Å²) in [7, 11) is 1.09. The molecule has 0 aliphatic carbocycles. The van der Waals surface area contributed by atoms with Gasteiger partial charge in [-0.1, -0.05) is 6.07 Å². The number of ether oxygens (including phenoxy) is 1. The van der Waals surface area contributed by atoms with E-state index < -0.39 is 50.3 Å². The molecule has 0 radical (unpaired) electrons. The van der Waals surface area contributed by atoms with Crippen molar-refractivity contribution in [2.24, 2.45) is 7.05 Å². The highest BCUT2D eigenvalue weighted by Gasteiger charge is 2.39. The molecule has 0 aliphatic rings. The summed E-state index contributed by atoms with van der Waals surface area (Å²) in [5.41, 5.74) is -3.76. The maximum Gasteiger partial charge on any atom is 0.436 e. The molecule has 1 amide bonds. The Labute approximate surface area is 194 Å². The SMILES string of the molecule is Cn1nc(C(F)(F)F)c(Br)c1C(=O)Nc1cc(Oc2cccc(C(F)(F)F)c2)cc([N+](=O)[O-])c1. The zero-order valence-corrected chi connectivity index (χ0v) is 18.2. The predicted molar refractivity (Wildman–Crippen MR) is 108 cm³/mol. The number of nitrogens with zero attached hydrogens (tertiary/aromatic N) is 3. The minimum atomic E-state index is -4.85. The Balaban J connectivity index is 1.94. The molecule has 0 atom stereocenters. The number of aromatic nitrogens is 2. The molecule has 1 heterocycles. The second-order valence-corrected chi connectivity index (χ2v) is 7.48. The molecule has 0 aliphatic heterocycles. The van der Waals surface area contributed by atoms with Crippen LogP contribution < -0.4 is 10.1 Å². The van der Waals surface area contributed by atoms with E-state index in [1.165, 1.54) is 6.07 Å². The van der Waals surface area contributed by atoms with E-state index in [9.17, 15) is 41.3 Å². The lowest BCUT2D eigenvalue weighted by atomic mass is 10.2. The van der Waals surface area contributed by atoms with Gasteiger partial charge in [0.15, 0.2) is 5.69 Å². The fourth-order valence-electron chi connectivity index (χ4n) is 2.81. The molecule has 8 nitrogen and oxygen atoms in total. The van der Waals surface area contributed by atoms with Crippen LogP contribution in [0.15, 0.2) is 46.9 Å². The molecule has 1 aromatic heterocycles. The molecule has 180 valence electrons. The summed E-state index contributed by atoms with van der Waals surface area (Å²) in [5.74, 6) is -1.69. The van der Waals surface area contributed by atoms with Crippen molar-refractivity contribution in [1.29, 1.82) is 0 Å². The van der Waals surface area contributed by atoms with Gasteiger partial charge in [0.25, 0.3) is 11.6 Å². The van der Waals surface area contributed by atoms with Crippen LogP contribution in [0, 0.1) is 10.1 Å². The van der Waals surface area contributed by atoms with Crippen LogP contribution in [-0.4, -0.2) is 20.6 Å². The lowest BCUT2D eigenvalue weighted by Crippen LogP contribution is -2.16. The van der Waals surface area contributed by atoms with E-state index >= 15 is 0 Å². The second-order valence-electron chi connectivity index (χ2n) is 6.69. The van der Waals surface area contributed by atoms with Gasteiger partial charge in [-0.05, 0) is 34.1 Å². The number of amides is 1. The van der Waals surface area contributed by atoms with E-state index in [1.54, 1.807) is 0 Å². The van der Waals surface area contributed by atoms with Gasteiger partial charge in [0.05, 0.1) is 26.7 Å². The zero-order chi connectivity index (χ0) is 25.4. The van der Waals surface area contributed by atoms with Gasteiger partial charge in [-0.25, -0.2) is 0 Å². The summed E-state index contributed by atoms with van der Waals surface area (Å²) in [6.45, 7) is 0. The standard InChI is InChI=1S/C19H11BrF6N4O4/c1-29-15(14(20)16(28-29)19(24,25)26)17(31)27-10-6-11(30(32)33)8-13(7-10)34-12-4-2-3-9(5-12)18(21,22)23/h2-8H,1H3,(H,27,31). The Morgan fingerprint density at radius 1 is 1.09 bits per heavy atom. The van der Waals surface area contributed by atoms with Gasteiger partial charge in [0.2, 0.25) is 0 Å². The molecule has 34 heavy (non-hydrogen) atoms. The highest BCUT2D eigenvalue weighted by Crippen LogP contribution is 2.37. The average molecular weight is 553 g/mol. The van der Waals surface area contributed by atoms with Crippen molar-refractivity contribution in [1.82, 2.24) is 9.78 Å². The van der Waals surface area contributed by atoms with Crippen LogP contribution in [0.2, 0.25) is 0 Å². The first kappa shape index (κ1) is 25.0. The van der Waals surface area contributed by atoms with Gasteiger partial charge < -0.3 is 10.1 Å². The van der Waals surface area contributed by atoms with Crippen LogP contribution in [0.5, 0.6) is 11.5 Å². The Morgan fingerprint density at radius 2 is 1.76 bits per heavy atom. The van der Waals surface area contributed by atoms with Crippen molar-refractivity contribution in [3.05, 3.63) is 74.0 Å². The number of hydrogen-bond donors (Lipinski definition) is 1. The van der Waals surface area contributed by atoms with Crippen LogP contribution in [-0.2, 0) is 19.4 Å². The van der Waals surface area contributed by atoms with Gasteiger partial charge in [0.1, 0.15) is 17.2 Å². The molecule has 0 spiro atoms. The first-order chi connectivity index (χ1) is 15.7. The Bertz CT molecular complexity index is 1270. The highest BCUT2D eigenvalue weighted by atomic mass is 79.9. The zero-order valence-electron chi connectivity index (χ0n) is 16.7. The number of anilines is 1. The van der Waals surface area contributed by atoms with Crippen molar-refractivity contribution in [3.8, 4) is 11.5 Å². The molecule has 0 bridgehead atoms. The third-order valence-corrected chi connectivity index (χ3v) is 4.98. The number of nitrogens with one attached hydrogen (secondary N) is 1. The van der Waals surface area contributed by atoms with E-state index in [4.69, 9.17) is 4.74 Å². The van der Waals surface area contributed by atoms with E-state index in [0.29, 0.717) is 10.7 Å². The number of benzene rings is 2. The molecule has 0 saturated heterocycles. The maximum atomic E-state index is 13.0. The van der Waals surface area contributed by atoms with Crippen molar-refractivity contribution >= 4 is 33.2 Å². The molecule has 2 aromatic carbocycles. The summed E-state index contributed by atoms with van der Waals surface area (Å²) in [6, 6.07) is 6.56. The van der Waals surface area contributed by atoms with Gasteiger partial charge in [-0.2, -0.15) is 31.4 Å². The minimum Gasteiger partial charge on any atom is -0.457 e. The Kier molecular flexibility index (Phi) is 6.59. The second kappa shape index (κ2) is 8.96. The quantitative estimate of drug-likeness (QED) is 0.232. The van der Waals surface area contributed by atoms with E-state index in [1.807, 2.05) is 0 Å². The van der Waals surface area contributed by atoms with Crippen LogP contribution in [0.25, 0.3) is 0 Å². The van der Waals surface area contributed by atoms with Crippen LogP contribution in [0.4, 0.5) is 37.7 Å². The number of aryl methyl sites for hydroxylation is 1. The highest BCUT2D eigenvalue weighted by molar-refractivity contribution is 9.10. The van der Waals surface area contributed by atoms with Crippen LogP contribution in [0.3, 0.4) is 0 Å². The van der Waals surface area contributed by atoms with Crippen molar-refractivity contribution in [2.75, 3.05) is 5.32 Å². The van der Waals surface area contributed by atoms with Crippen LogP contribution in [0.1, 0.15) is 21.7 Å². The molecular weight excluding hydrogens is 542 g/mol. The number of hydrogen-bond acceptors (Lipinski definition) is 5. The monoisotopic (exact) mass is 552 g/mol. The number of rotatable bonds is 5. The summed E-state index contributed by atoms with van der Waals surface area (Å²) in [6.07, 6.45) is -9.51. The molecule has 0 saturated carbocycles. The Hall–Kier alpha value is -3.62. The van der Waals surface area contributed by atoms with Crippen molar-refractivity contribution in [2.45, 2.75) is 12.4 Å². The number of halogens is 7. The lowest BCUT2D eigenvalue weighted by molar-refractivity contribution is -0.384. The molecular formula is C19H11BrF6N4O4. The molecule has 3 aromatic rings. The normalized spacial score (nSPS) is 11.9. The largest absolute Gasteiger partial charge is 0.457 e. The molecule has 3 rings (SSSR count). The van der Waals surface area contributed by atoms with Crippen molar-refractivity contribution in [3.63, 3.8) is 0 Å². The third kappa shape index (κ3) is 5.47. The number of carbonyl (C=O) groups excluding carboxylic acids is 1. The van der Waals surface area contributed by atoms with Gasteiger partial charge in [-0.15, -0.1) is 0 Å². The summed E-state index contributed by atoms with van der Waals surface area (Å²) in [4.78, 5) is 23.0. The fourth-order valence-corrected chi connectivity index (χ4v) is 3.55. The summed E-state index contributed by atoms with van der Waals surface area (Å²) < 4.78 is 83.2. The summed E-state index contributed by atoms with van der Waals surface area (Å²) >= 11 is 2.68. The van der Waals surface area contributed by atoms with E-state index in [-0.39, 0.29) is 17.2 Å². The van der Waals surface area contributed by atoms with Gasteiger partial charge in [-0.3, -0.25) is 19.6 Å². The molecule has 0 fully saturated rings. The predicted octanol–water partition coefficient (Wildman–Crippen LogP) is 6.17. The summed E-state index contributed by atoms with van der Waals surface area (Å²) in [5, 5.41) is 16.7. The number of non-ortho nitro benzene ring substituents is 1. The molecule has 0 unspecified atom stereocenters. The topological polar surface area (TPSA) is 99.3 Å². The minimum absolute atomic E-state index is 0.261.